The Bertz CT molecular complexity index is 4190. The summed E-state index contributed by atoms with van der Waals surface area (Å²) in [6.07, 6.45) is 0. The summed E-state index contributed by atoms with van der Waals surface area (Å²) in [4.78, 5) is 4.72. The molecule has 0 atom stereocenters. The van der Waals surface area contributed by atoms with E-state index in [1.807, 2.05) is 24.3 Å². The number of anilines is 6. The minimum atomic E-state index is -0.150. The third kappa shape index (κ3) is 6.20. The second kappa shape index (κ2) is 15.8. The summed E-state index contributed by atoms with van der Waals surface area (Å²) in [6, 6.07) is 88.3. The summed E-state index contributed by atoms with van der Waals surface area (Å²) in [7, 11) is 0. The van der Waals surface area contributed by atoms with Crippen molar-refractivity contribution >= 4 is 66.4 Å². The standard InChI is InChI=1S/C69H46N2O2/c1-69(2)57-25-8-7-22-49(57)50-37-34-44(40-58(50)69)48-21-5-6-23-51(48)67-53-38-35-46(71-61-28-11-15-32-65(61)73-66-33-16-12-29-62(66)71)42-56(53)68(52-24-17-19-43-18-3-4-20-47(43)52)54-39-36-45(41-55(54)67)70-59-26-9-13-30-63(59)72-64-31-14-10-27-60(64)70/h3-42H,1-2H3. The van der Waals surface area contributed by atoms with Gasteiger partial charge in [0.2, 0.25) is 0 Å². The van der Waals surface area contributed by atoms with Crippen LogP contribution in [0.25, 0.3) is 76.8 Å². The van der Waals surface area contributed by atoms with Crippen LogP contribution < -0.4 is 19.3 Å². The molecule has 0 spiro atoms. The zero-order valence-electron chi connectivity index (χ0n) is 40.3. The van der Waals surface area contributed by atoms with E-state index in [-0.39, 0.29) is 5.41 Å². The lowest BCUT2D eigenvalue weighted by atomic mass is 9.80. The molecule has 0 bridgehead atoms. The maximum Gasteiger partial charge on any atom is 0.151 e. The summed E-state index contributed by atoms with van der Waals surface area (Å²) < 4.78 is 13.1. The first-order chi connectivity index (χ1) is 36.0. The molecule has 12 aromatic carbocycles. The predicted octanol–water partition coefficient (Wildman–Crippen LogP) is 19.6. The van der Waals surface area contributed by atoms with Crippen LogP contribution in [0.2, 0.25) is 0 Å². The van der Waals surface area contributed by atoms with Gasteiger partial charge in [0.15, 0.2) is 23.0 Å². The Morgan fingerprint density at radius 3 is 1.33 bits per heavy atom. The van der Waals surface area contributed by atoms with Gasteiger partial charge in [-0.1, -0.05) is 178 Å². The molecule has 4 nitrogen and oxygen atoms in total. The number of fused-ring (bicyclic) bond motifs is 10. The number of rotatable bonds is 5. The number of hydrogen-bond donors (Lipinski definition) is 0. The molecule has 344 valence electrons. The van der Waals surface area contributed by atoms with Gasteiger partial charge in [-0.15, -0.1) is 0 Å². The van der Waals surface area contributed by atoms with Gasteiger partial charge in [-0.25, -0.2) is 0 Å². The number of hydrogen-bond acceptors (Lipinski definition) is 4. The quantitative estimate of drug-likeness (QED) is 0.161. The van der Waals surface area contributed by atoms with E-state index in [0.717, 1.165) is 78.7 Å². The minimum Gasteiger partial charge on any atom is -0.453 e. The molecule has 0 unspecified atom stereocenters. The largest absolute Gasteiger partial charge is 0.453 e. The molecule has 2 aliphatic heterocycles. The molecule has 0 aromatic heterocycles. The van der Waals surface area contributed by atoms with E-state index in [1.165, 1.54) is 66.4 Å². The van der Waals surface area contributed by atoms with Crippen LogP contribution in [0.4, 0.5) is 34.1 Å². The molecule has 12 aromatic rings. The lowest BCUT2D eigenvalue weighted by Crippen LogP contribution is -2.16. The molecule has 0 fully saturated rings. The summed E-state index contributed by atoms with van der Waals surface area (Å²) in [5, 5.41) is 7.05. The highest BCUT2D eigenvalue weighted by atomic mass is 16.5. The van der Waals surface area contributed by atoms with Gasteiger partial charge in [-0.3, -0.25) is 0 Å². The molecule has 0 amide bonds. The molecule has 0 saturated carbocycles. The van der Waals surface area contributed by atoms with Crippen LogP contribution in [0.3, 0.4) is 0 Å². The highest BCUT2D eigenvalue weighted by molar-refractivity contribution is 6.25. The molecule has 4 heteroatoms. The number of ether oxygens (including phenoxy) is 2. The van der Waals surface area contributed by atoms with Crippen LogP contribution in [0.1, 0.15) is 25.0 Å². The monoisotopic (exact) mass is 934 g/mol. The van der Waals surface area contributed by atoms with Crippen LogP contribution in [-0.2, 0) is 5.41 Å². The summed E-state index contributed by atoms with van der Waals surface area (Å²) in [5.41, 5.74) is 18.4. The third-order valence-electron chi connectivity index (χ3n) is 15.6. The number of para-hydroxylation sites is 8. The molecule has 0 N–H and O–H groups in total. The van der Waals surface area contributed by atoms with E-state index in [1.54, 1.807) is 0 Å². The van der Waals surface area contributed by atoms with Crippen molar-refractivity contribution in [1.29, 1.82) is 0 Å². The van der Waals surface area contributed by atoms with Crippen LogP contribution in [0.5, 0.6) is 23.0 Å². The van der Waals surface area contributed by atoms with Crippen LogP contribution in [0, 0.1) is 0 Å². The van der Waals surface area contributed by atoms with Crippen molar-refractivity contribution in [2.75, 3.05) is 9.80 Å². The molecule has 15 rings (SSSR count). The topological polar surface area (TPSA) is 24.9 Å². The van der Waals surface area contributed by atoms with E-state index < -0.39 is 0 Å². The van der Waals surface area contributed by atoms with E-state index in [9.17, 15) is 0 Å². The molecule has 2 heterocycles. The van der Waals surface area contributed by atoms with Crippen molar-refractivity contribution in [2.45, 2.75) is 19.3 Å². The van der Waals surface area contributed by atoms with Gasteiger partial charge in [0.25, 0.3) is 0 Å². The SMILES string of the molecule is CC1(C)c2ccccc2-c2ccc(-c3ccccc3-c3c4cc(N5c6ccccc6Oc6ccccc65)ccc4c(-c4cccc5ccccc45)c4cc(N5c6ccccc6Oc6ccccc65)ccc34)cc21. The van der Waals surface area contributed by atoms with Gasteiger partial charge < -0.3 is 19.3 Å². The first-order valence-corrected chi connectivity index (χ1v) is 25.2. The molecular weight excluding hydrogens is 889 g/mol. The van der Waals surface area contributed by atoms with Gasteiger partial charge >= 0.3 is 0 Å². The second-order valence-corrected chi connectivity index (χ2v) is 20.0. The summed E-state index contributed by atoms with van der Waals surface area (Å²) in [5.74, 6) is 3.29. The average Bonchev–Trinajstić information content (AvgIpc) is 3.69. The highest BCUT2D eigenvalue weighted by Gasteiger charge is 2.36. The van der Waals surface area contributed by atoms with Crippen LogP contribution in [0.15, 0.2) is 243 Å². The molecule has 3 aliphatic rings. The zero-order valence-corrected chi connectivity index (χ0v) is 40.3. The Kier molecular flexibility index (Phi) is 8.97. The zero-order chi connectivity index (χ0) is 48.4. The molecule has 73 heavy (non-hydrogen) atoms. The first-order valence-electron chi connectivity index (χ1n) is 25.2. The van der Waals surface area contributed by atoms with Crippen molar-refractivity contribution in [1.82, 2.24) is 0 Å². The van der Waals surface area contributed by atoms with Gasteiger partial charge in [-0.05, 0) is 167 Å². The highest BCUT2D eigenvalue weighted by Crippen LogP contribution is 2.56. The number of benzene rings is 12. The fourth-order valence-corrected chi connectivity index (χ4v) is 12.3. The van der Waals surface area contributed by atoms with Crippen LogP contribution in [-0.4, -0.2) is 0 Å². The van der Waals surface area contributed by atoms with Crippen molar-refractivity contribution in [3.05, 3.63) is 254 Å². The Morgan fingerprint density at radius 1 is 0.301 bits per heavy atom. The summed E-state index contributed by atoms with van der Waals surface area (Å²) in [6.45, 7) is 4.74. The molecular formula is C69H46N2O2. The molecule has 1 aliphatic carbocycles. The maximum absolute atomic E-state index is 6.57. The lowest BCUT2D eigenvalue weighted by molar-refractivity contribution is 0.477. The van der Waals surface area contributed by atoms with E-state index in [2.05, 4.69) is 242 Å². The number of nitrogens with zero attached hydrogens (tertiary/aromatic N) is 2. The van der Waals surface area contributed by atoms with Gasteiger partial charge in [0, 0.05) is 16.8 Å². The Hall–Kier alpha value is -9.38. The predicted molar refractivity (Wildman–Crippen MR) is 302 cm³/mol. The van der Waals surface area contributed by atoms with Gasteiger partial charge in [0.1, 0.15) is 0 Å². The van der Waals surface area contributed by atoms with E-state index in [0.29, 0.717) is 0 Å². The van der Waals surface area contributed by atoms with Crippen LogP contribution >= 0.6 is 0 Å². The fourth-order valence-electron chi connectivity index (χ4n) is 12.3. The fraction of sp³-hybridized carbons (Fsp3) is 0.0435. The smallest absolute Gasteiger partial charge is 0.151 e. The maximum atomic E-state index is 6.57. The lowest BCUT2D eigenvalue weighted by Gasteiger charge is -2.33. The Labute approximate surface area is 424 Å². The Morgan fingerprint density at radius 2 is 0.740 bits per heavy atom. The Balaban J connectivity index is 1.06. The van der Waals surface area contributed by atoms with Crippen molar-refractivity contribution in [3.8, 4) is 67.5 Å². The molecule has 0 saturated heterocycles. The first kappa shape index (κ1) is 41.4. The van der Waals surface area contributed by atoms with Crippen molar-refractivity contribution < 1.29 is 9.47 Å². The van der Waals surface area contributed by atoms with Gasteiger partial charge in [0.05, 0.1) is 22.7 Å². The van der Waals surface area contributed by atoms with E-state index in [4.69, 9.17) is 9.47 Å². The molecule has 0 radical (unpaired) electrons. The third-order valence-corrected chi connectivity index (χ3v) is 15.6. The average molecular weight is 935 g/mol. The van der Waals surface area contributed by atoms with Gasteiger partial charge in [-0.2, -0.15) is 0 Å². The van der Waals surface area contributed by atoms with E-state index >= 15 is 0 Å². The summed E-state index contributed by atoms with van der Waals surface area (Å²) >= 11 is 0. The van der Waals surface area contributed by atoms with Crippen molar-refractivity contribution in [2.24, 2.45) is 0 Å². The minimum absolute atomic E-state index is 0.150. The normalized spacial score (nSPS) is 13.6. The second-order valence-electron chi connectivity index (χ2n) is 20.0. The van der Waals surface area contributed by atoms with Crippen molar-refractivity contribution in [3.63, 3.8) is 0 Å².